The Kier molecular flexibility index (Phi) is 11.5. The van der Waals surface area contributed by atoms with Gasteiger partial charge in [-0.3, -0.25) is 24.4 Å². The molecule has 15 heteroatoms. The quantitative estimate of drug-likeness (QED) is 0.171. The van der Waals surface area contributed by atoms with E-state index >= 15 is 0 Å². The molecule has 0 bridgehead atoms. The van der Waals surface area contributed by atoms with Crippen LogP contribution in [0.2, 0.25) is 5.02 Å². The number of aliphatic hydroxyl groups excluding tert-OH is 2. The molecule has 0 unspecified atom stereocenters. The molecule has 6 rings (SSSR count). The molecule has 4 heterocycles. The van der Waals surface area contributed by atoms with E-state index in [-0.39, 0.29) is 39.1 Å². The van der Waals surface area contributed by atoms with E-state index in [2.05, 4.69) is 10.3 Å². The number of pyridine rings is 1. The highest BCUT2D eigenvalue weighted by Crippen LogP contribution is 2.33. The van der Waals surface area contributed by atoms with Crippen LogP contribution in [0.15, 0.2) is 77.5 Å². The van der Waals surface area contributed by atoms with Gasteiger partial charge in [0, 0.05) is 55.4 Å². The number of nitrogens with one attached hydrogen (secondary N) is 2. The zero-order valence-corrected chi connectivity index (χ0v) is 28.3. The number of aliphatic hydroxyl groups is 2. The lowest BCUT2D eigenvalue weighted by Crippen LogP contribution is -2.60. The van der Waals surface area contributed by atoms with E-state index in [1.54, 1.807) is 65.8 Å². The fourth-order valence-electron chi connectivity index (χ4n) is 6.72. The molecule has 4 N–H and O–H groups in total. The fraction of sp³-hybridized carbons (Fsp3) is 0.417. The second kappa shape index (κ2) is 16.0. The normalized spacial score (nSPS) is 21.0. The van der Waals surface area contributed by atoms with E-state index in [9.17, 15) is 33.0 Å². The summed E-state index contributed by atoms with van der Waals surface area (Å²) in [5.41, 5.74) is 1.95. The number of furan rings is 1. The summed E-state index contributed by atoms with van der Waals surface area (Å²) in [5, 5.41) is 28.4. The summed E-state index contributed by atoms with van der Waals surface area (Å²) in [6.45, 7) is -0.509. The molecule has 2 aromatic heterocycles. The zero-order valence-electron chi connectivity index (χ0n) is 27.6. The van der Waals surface area contributed by atoms with Gasteiger partial charge in [-0.1, -0.05) is 41.9 Å². The van der Waals surface area contributed by atoms with E-state index in [0.717, 1.165) is 10.9 Å². The Morgan fingerprint density at radius 3 is 2.63 bits per heavy atom. The van der Waals surface area contributed by atoms with E-state index in [4.69, 9.17) is 20.8 Å². The van der Waals surface area contributed by atoms with Crippen molar-refractivity contribution in [3.05, 3.63) is 95.0 Å². The van der Waals surface area contributed by atoms with Crippen molar-refractivity contribution in [1.82, 2.24) is 25.4 Å². The molecule has 2 aromatic carbocycles. The third kappa shape index (κ3) is 9.37. The van der Waals surface area contributed by atoms with E-state index in [1.165, 1.54) is 0 Å². The van der Waals surface area contributed by atoms with Gasteiger partial charge >= 0.3 is 6.18 Å². The van der Waals surface area contributed by atoms with Gasteiger partial charge in [0.25, 0.3) is 0 Å². The fourth-order valence-corrected chi connectivity index (χ4v) is 6.95. The largest absolute Gasteiger partial charge is 0.490 e. The summed E-state index contributed by atoms with van der Waals surface area (Å²) in [5.74, 6) is -0.847. The molecule has 2 aliphatic heterocycles. The van der Waals surface area contributed by atoms with Crippen LogP contribution in [-0.2, 0) is 22.6 Å². The summed E-state index contributed by atoms with van der Waals surface area (Å²) < 4.78 is 50.8. The van der Waals surface area contributed by atoms with Gasteiger partial charge in [-0.2, -0.15) is 13.2 Å². The molecule has 5 atom stereocenters. The predicted octanol–water partition coefficient (Wildman–Crippen LogP) is 3.87. The Balaban J connectivity index is 1.16. The number of carbonyl (C=O) groups is 2. The molecule has 11 nitrogen and oxygen atoms in total. The lowest BCUT2D eigenvalue weighted by molar-refractivity contribution is -0.143. The number of carbonyl (C=O) groups excluding carboxylic acids is 2. The number of β-amino-alcohol motifs (C(OH)–C–C–N with tert-alkyl or cyclic N) is 1. The first-order valence-corrected chi connectivity index (χ1v) is 17.1. The monoisotopic (exact) mass is 729 g/mol. The van der Waals surface area contributed by atoms with Crippen molar-refractivity contribution in [3.8, 4) is 5.75 Å². The molecule has 1 fully saturated rings. The number of piperazine rings is 1. The van der Waals surface area contributed by atoms with Crippen LogP contribution in [-0.4, -0.2) is 101 Å². The lowest BCUT2D eigenvalue weighted by Gasteiger charge is -2.41. The molecule has 0 aliphatic carbocycles. The minimum Gasteiger partial charge on any atom is -0.490 e. The van der Waals surface area contributed by atoms with Crippen molar-refractivity contribution in [3.63, 3.8) is 0 Å². The van der Waals surface area contributed by atoms with Gasteiger partial charge in [-0.25, -0.2) is 0 Å². The first-order chi connectivity index (χ1) is 24.4. The maximum atomic E-state index is 13.9. The summed E-state index contributed by atoms with van der Waals surface area (Å²) in [4.78, 5) is 34.7. The van der Waals surface area contributed by atoms with Crippen LogP contribution in [0.1, 0.15) is 29.3 Å². The van der Waals surface area contributed by atoms with Crippen molar-refractivity contribution >= 4 is 34.4 Å². The number of rotatable bonds is 12. The number of para-hydroxylation sites is 2. The van der Waals surface area contributed by atoms with Crippen LogP contribution >= 0.6 is 11.6 Å². The average molecular weight is 730 g/mol. The molecule has 0 saturated carbocycles. The maximum Gasteiger partial charge on any atom is 0.405 e. The lowest BCUT2D eigenvalue weighted by atomic mass is 9.91. The molecule has 1 saturated heterocycles. The Hall–Kier alpha value is -4.21. The smallest absolute Gasteiger partial charge is 0.405 e. The molecule has 0 radical (unpaired) electrons. The second-order valence-corrected chi connectivity index (χ2v) is 13.4. The molecular weight excluding hydrogens is 691 g/mol. The first-order valence-electron chi connectivity index (χ1n) is 16.7. The molecule has 2 aliphatic rings. The third-order valence-corrected chi connectivity index (χ3v) is 9.52. The zero-order chi connectivity index (χ0) is 36.1. The van der Waals surface area contributed by atoms with Gasteiger partial charge < -0.3 is 30.0 Å². The van der Waals surface area contributed by atoms with Crippen LogP contribution in [0, 0.1) is 5.92 Å². The van der Waals surface area contributed by atoms with E-state index in [1.807, 2.05) is 22.3 Å². The summed E-state index contributed by atoms with van der Waals surface area (Å²) in [7, 11) is 0. The van der Waals surface area contributed by atoms with Crippen molar-refractivity contribution in [2.45, 2.75) is 49.9 Å². The van der Waals surface area contributed by atoms with Crippen molar-refractivity contribution in [1.29, 1.82) is 0 Å². The Bertz CT molecular complexity index is 1810. The van der Waals surface area contributed by atoms with Gasteiger partial charge in [-0.15, -0.1) is 0 Å². The summed E-state index contributed by atoms with van der Waals surface area (Å²) >= 11 is 6.27. The van der Waals surface area contributed by atoms with Gasteiger partial charge in [-0.05, 0) is 48.7 Å². The molecule has 4 aromatic rings. The first kappa shape index (κ1) is 36.6. The highest BCUT2D eigenvalue weighted by atomic mass is 35.5. The summed E-state index contributed by atoms with van der Waals surface area (Å²) in [6, 6.07) is 16.1. The average Bonchev–Trinajstić information content (AvgIpc) is 3.52. The SMILES string of the molecule is O=C(N[C@H]1c2ccccc2OC[C@H]1O)[C@H](Cc1ccncc1)C[C@H](O)CN1CCN(Cc2cc3cccc(Cl)c3o2)C[C@H]1C(=O)NCC(F)(F)F. The van der Waals surface area contributed by atoms with Crippen molar-refractivity contribution in [2.75, 3.05) is 39.3 Å². The minimum atomic E-state index is -4.60. The van der Waals surface area contributed by atoms with Gasteiger partial charge in [0.2, 0.25) is 11.8 Å². The highest BCUT2D eigenvalue weighted by molar-refractivity contribution is 6.34. The Morgan fingerprint density at radius 1 is 1.08 bits per heavy atom. The number of nitrogens with zero attached hydrogens (tertiary/aromatic N) is 3. The number of fused-ring (bicyclic) bond motifs is 2. The van der Waals surface area contributed by atoms with Gasteiger partial charge in [0.05, 0.1) is 23.7 Å². The van der Waals surface area contributed by atoms with Gasteiger partial charge in [0.15, 0.2) is 5.58 Å². The van der Waals surface area contributed by atoms with E-state index in [0.29, 0.717) is 40.8 Å². The van der Waals surface area contributed by atoms with Crippen molar-refractivity contribution < 1.29 is 42.1 Å². The number of alkyl halides is 3. The second-order valence-electron chi connectivity index (χ2n) is 13.0. The number of halogens is 4. The predicted molar refractivity (Wildman–Crippen MR) is 182 cm³/mol. The Labute approximate surface area is 297 Å². The number of benzene rings is 2. The number of hydrogen-bond acceptors (Lipinski definition) is 9. The van der Waals surface area contributed by atoms with Gasteiger partial charge in [0.1, 0.15) is 36.8 Å². The molecule has 51 heavy (non-hydrogen) atoms. The van der Waals surface area contributed by atoms with Crippen LogP contribution in [0.25, 0.3) is 11.0 Å². The maximum absolute atomic E-state index is 13.9. The van der Waals surface area contributed by atoms with E-state index < -0.39 is 54.7 Å². The molecule has 2 amide bonds. The topological polar surface area (TPSA) is 140 Å². The number of ether oxygens (including phenoxy) is 1. The minimum absolute atomic E-state index is 0.00648. The van der Waals surface area contributed by atoms with Crippen LogP contribution in [0.5, 0.6) is 5.75 Å². The van der Waals surface area contributed by atoms with Crippen molar-refractivity contribution in [2.24, 2.45) is 5.92 Å². The van der Waals surface area contributed by atoms with Crippen LogP contribution in [0.3, 0.4) is 0 Å². The number of amides is 2. The standard InChI is InChI=1S/C36H39ClF3N5O6/c37-28-6-3-4-23-16-26(51-33(23)28)18-44-12-13-45(29(19-44)35(49)42-21-36(38,39)40)17-25(46)15-24(14-22-8-10-41-11-9-22)34(48)43-32-27-5-1-2-7-31(27)50-20-30(32)47/h1-11,16,24-25,29-30,32,46-47H,12-15,17-21H2,(H,42,49)(H,43,48)/t24-,25+,29+,30-,32+/m1/s1. The van der Waals surface area contributed by atoms with Crippen LogP contribution < -0.4 is 15.4 Å². The summed E-state index contributed by atoms with van der Waals surface area (Å²) in [6.07, 6.45) is -3.31. The molecule has 272 valence electrons. The molecular formula is C36H39ClF3N5O6. The highest BCUT2D eigenvalue weighted by Gasteiger charge is 2.38. The third-order valence-electron chi connectivity index (χ3n) is 9.22. The Morgan fingerprint density at radius 2 is 1.86 bits per heavy atom. The number of aromatic nitrogens is 1. The molecule has 0 spiro atoms. The number of hydrogen-bond donors (Lipinski definition) is 4. The van der Waals surface area contributed by atoms with Crippen LogP contribution in [0.4, 0.5) is 13.2 Å².